The highest BCUT2D eigenvalue weighted by Crippen LogP contribution is 2.23. The van der Waals surface area contributed by atoms with E-state index in [-0.39, 0.29) is 12.5 Å². The van der Waals surface area contributed by atoms with Crippen molar-refractivity contribution in [1.29, 1.82) is 0 Å². The van der Waals surface area contributed by atoms with Crippen LogP contribution in [0.5, 0.6) is 0 Å². The molecule has 0 aliphatic heterocycles. The minimum Gasteiger partial charge on any atom is -0.323 e. The number of hydrogen-bond donors (Lipinski definition) is 1. The Morgan fingerprint density at radius 1 is 1.21 bits per heavy atom. The molecule has 0 radical (unpaired) electrons. The van der Waals surface area contributed by atoms with E-state index < -0.39 is 0 Å². The Kier molecular flexibility index (Phi) is 4.71. The van der Waals surface area contributed by atoms with Crippen molar-refractivity contribution >= 4 is 27.5 Å². The van der Waals surface area contributed by atoms with Gasteiger partial charge in [0.05, 0.1) is 5.69 Å². The molecule has 0 aliphatic carbocycles. The third kappa shape index (κ3) is 3.68. The Bertz CT molecular complexity index is 890. The molecule has 0 fully saturated rings. The van der Waals surface area contributed by atoms with Gasteiger partial charge in [0.15, 0.2) is 0 Å². The summed E-state index contributed by atoms with van der Waals surface area (Å²) in [7, 11) is 0. The number of tetrazole rings is 1. The fourth-order valence-corrected chi connectivity index (χ4v) is 2.87. The summed E-state index contributed by atoms with van der Waals surface area (Å²) in [5.41, 5.74) is 3.79. The van der Waals surface area contributed by atoms with Crippen LogP contribution in [0.25, 0.3) is 11.4 Å². The number of halogens is 1. The highest BCUT2D eigenvalue weighted by molar-refractivity contribution is 9.10. The van der Waals surface area contributed by atoms with Gasteiger partial charge in [-0.15, -0.1) is 10.2 Å². The van der Waals surface area contributed by atoms with Crippen molar-refractivity contribution in [2.75, 3.05) is 5.32 Å². The van der Waals surface area contributed by atoms with Gasteiger partial charge in [-0.3, -0.25) is 4.79 Å². The van der Waals surface area contributed by atoms with E-state index in [1.54, 1.807) is 0 Å². The van der Waals surface area contributed by atoms with Crippen LogP contribution in [0.3, 0.4) is 0 Å². The van der Waals surface area contributed by atoms with Crippen molar-refractivity contribution in [2.45, 2.75) is 20.4 Å². The van der Waals surface area contributed by atoms with E-state index in [0.717, 1.165) is 21.2 Å². The van der Waals surface area contributed by atoms with E-state index in [1.165, 1.54) is 4.80 Å². The molecule has 0 spiro atoms. The highest BCUT2D eigenvalue weighted by atomic mass is 79.9. The van der Waals surface area contributed by atoms with E-state index >= 15 is 0 Å². The van der Waals surface area contributed by atoms with E-state index in [1.807, 2.05) is 56.3 Å². The lowest BCUT2D eigenvalue weighted by Gasteiger charge is -2.07. The number of amides is 1. The summed E-state index contributed by atoms with van der Waals surface area (Å²) >= 11 is 3.44. The van der Waals surface area contributed by atoms with Gasteiger partial charge in [0.25, 0.3) is 0 Å². The van der Waals surface area contributed by atoms with Gasteiger partial charge >= 0.3 is 0 Å². The number of rotatable bonds is 4. The maximum Gasteiger partial charge on any atom is 0.248 e. The minimum absolute atomic E-state index is 0.000796. The molecule has 1 N–H and O–H groups in total. The highest BCUT2D eigenvalue weighted by Gasteiger charge is 2.11. The number of nitrogens with one attached hydrogen (secondary N) is 1. The molecule has 7 heteroatoms. The van der Waals surface area contributed by atoms with Crippen LogP contribution in [0, 0.1) is 13.8 Å². The third-order valence-electron chi connectivity index (χ3n) is 3.52. The zero-order valence-corrected chi connectivity index (χ0v) is 14.9. The fourth-order valence-electron chi connectivity index (χ4n) is 2.28. The first-order chi connectivity index (χ1) is 11.5. The third-order valence-corrected chi connectivity index (χ3v) is 4.18. The van der Waals surface area contributed by atoms with E-state index in [0.29, 0.717) is 11.5 Å². The summed E-state index contributed by atoms with van der Waals surface area (Å²) in [4.78, 5) is 13.5. The maximum atomic E-state index is 12.2. The summed E-state index contributed by atoms with van der Waals surface area (Å²) < 4.78 is 0.836. The van der Waals surface area contributed by atoms with Crippen molar-refractivity contribution < 1.29 is 4.79 Å². The molecule has 2 aromatic carbocycles. The number of carbonyl (C=O) groups is 1. The number of benzene rings is 2. The van der Waals surface area contributed by atoms with E-state index in [9.17, 15) is 4.79 Å². The molecule has 3 aromatic rings. The normalized spacial score (nSPS) is 10.6. The van der Waals surface area contributed by atoms with Crippen LogP contribution in [-0.2, 0) is 11.3 Å². The smallest absolute Gasteiger partial charge is 0.248 e. The second-order valence-electron chi connectivity index (χ2n) is 5.49. The topological polar surface area (TPSA) is 72.7 Å². The van der Waals surface area contributed by atoms with Crippen LogP contribution in [-0.4, -0.2) is 26.1 Å². The first-order valence-electron chi connectivity index (χ1n) is 7.43. The lowest BCUT2D eigenvalue weighted by Crippen LogP contribution is -2.20. The number of aromatic nitrogens is 4. The molecule has 1 amide bonds. The SMILES string of the molecule is Cc1ccc(NC(=O)Cn2nnc(-c3ccccc3C)n2)c(Br)c1. The minimum atomic E-state index is -0.215. The molecule has 1 aromatic heterocycles. The van der Waals surface area contributed by atoms with Crippen molar-refractivity contribution in [2.24, 2.45) is 0 Å². The molecule has 1 heterocycles. The van der Waals surface area contributed by atoms with Crippen molar-refractivity contribution in [3.8, 4) is 11.4 Å². The quantitative estimate of drug-likeness (QED) is 0.747. The van der Waals surface area contributed by atoms with Crippen molar-refractivity contribution in [1.82, 2.24) is 20.2 Å². The number of aryl methyl sites for hydroxylation is 2. The molecule has 3 rings (SSSR count). The Morgan fingerprint density at radius 3 is 2.75 bits per heavy atom. The van der Waals surface area contributed by atoms with Gasteiger partial charge < -0.3 is 5.32 Å². The summed E-state index contributed by atoms with van der Waals surface area (Å²) in [6.45, 7) is 3.97. The molecular formula is C17H16BrN5O. The van der Waals surface area contributed by atoms with E-state index in [4.69, 9.17) is 0 Å². The average Bonchev–Trinajstić information content (AvgIpc) is 2.99. The molecule has 0 aliphatic rings. The van der Waals surface area contributed by atoms with Crippen LogP contribution < -0.4 is 5.32 Å². The molecule has 24 heavy (non-hydrogen) atoms. The fraction of sp³-hybridized carbons (Fsp3) is 0.176. The van der Waals surface area contributed by atoms with Gasteiger partial charge in [-0.05, 0) is 58.3 Å². The van der Waals surface area contributed by atoms with Crippen molar-refractivity contribution in [3.05, 3.63) is 58.1 Å². The van der Waals surface area contributed by atoms with Gasteiger partial charge in [-0.1, -0.05) is 30.3 Å². The summed E-state index contributed by atoms with van der Waals surface area (Å²) in [6, 6.07) is 13.5. The molecule has 0 saturated heterocycles. The van der Waals surface area contributed by atoms with Gasteiger partial charge in [-0.2, -0.15) is 4.80 Å². The predicted molar refractivity (Wildman–Crippen MR) is 95.5 cm³/mol. The van der Waals surface area contributed by atoms with Gasteiger partial charge in [0, 0.05) is 10.0 Å². The summed E-state index contributed by atoms with van der Waals surface area (Å²) in [5, 5.41) is 15.1. The van der Waals surface area contributed by atoms with Gasteiger partial charge in [0.2, 0.25) is 11.7 Å². The van der Waals surface area contributed by atoms with Crippen molar-refractivity contribution in [3.63, 3.8) is 0 Å². The van der Waals surface area contributed by atoms with Gasteiger partial charge in [-0.25, -0.2) is 0 Å². The van der Waals surface area contributed by atoms with E-state index in [2.05, 4.69) is 36.7 Å². The van der Waals surface area contributed by atoms with Gasteiger partial charge in [0.1, 0.15) is 6.54 Å². The monoisotopic (exact) mass is 385 g/mol. The lowest BCUT2D eigenvalue weighted by molar-refractivity contribution is -0.117. The number of carbonyl (C=O) groups excluding carboxylic acids is 1. The first kappa shape index (κ1) is 16.3. The molecule has 0 bridgehead atoms. The predicted octanol–water partition coefficient (Wildman–Crippen LogP) is 3.36. The van der Waals surface area contributed by atoms with Crippen LogP contribution >= 0.6 is 15.9 Å². The van der Waals surface area contributed by atoms with Crippen LogP contribution in [0.1, 0.15) is 11.1 Å². The van der Waals surface area contributed by atoms with Crippen LogP contribution in [0.4, 0.5) is 5.69 Å². The molecule has 6 nitrogen and oxygen atoms in total. The number of hydrogen-bond acceptors (Lipinski definition) is 4. The molecule has 0 unspecified atom stereocenters. The largest absolute Gasteiger partial charge is 0.323 e. The van der Waals surface area contributed by atoms with Crippen LogP contribution in [0.15, 0.2) is 46.9 Å². The number of anilines is 1. The Hall–Kier alpha value is -2.54. The number of nitrogens with zero attached hydrogens (tertiary/aromatic N) is 4. The first-order valence-corrected chi connectivity index (χ1v) is 8.22. The Labute approximate surface area is 148 Å². The summed E-state index contributed by atoms with van der Waals surface area (Å²) in [5.74, 6) is 0.297. The zero-order chi connectivity index (χ0) is 17.1. The Balaban J connectivity index is 1.70. The average molecular weight is 386 g/mol. The second kappa shape index (κ2) is 6.92. The lowest BCUT2D eigenvalue weighted by atomic mass is 10.1. The maximum absolute atomic E-state index is 12.2. The van der Waals surface area contributed by atoms with Crippen LogP contribution in [0.2, 0.25) is 0 Å². The standard InChI is InChI=1S/C17H16BrN5O/c1-11-7-8-15(14(18)9-11)19-16(24)10-23-21-17(20-22-23)13-6-4-3-5-12(13)2/h3-9H,10H2,1-2H3,(H,19,24). The second-order valence-corrected chi connectivity index (χ2v) is 6.34. The molecule has 0 saturated carbocycles. The summed E-state index contributed by atoms with van der Waals surface area (Å²) in [6.07, 6.45) is 0. The molecular weight excluding hydrogens is 370 g/mol. The Morgan fingerprint density at radius 2 is 2.00 bits per heavy atom. The molecule has 122 valence electrons. The zero-order valence-electron chi connectivity index (χ0n) is 13.3. The molecule has 0 atom stereocenters.